The van der Waals surface area contributed by atoms with Crippen LogP contribution in [-0.4, -0.2) is 43.9 Å². The Labute approximate surface area is 127 Å². The molecule has 124 valence electrons. The maximum Gasteiger partial charge on any atom is 0.334 e. The van der Waals surface area contributed by atoms with Crippen molar-refractivity contribution in [1.29, 1.82) is 0 Å². The number of carbonyl (C=O) groups is 2. The summed E-state index contributed by atoms with van der Waals surface area (Å²) in [5.74, 6) is -2.87. The van der Waals surface area contributed by atoms with Crippen molar-refractivity contribution >= 4 is 20.5 Å². The third-order valence-electron chi connectivity index (χ3n) is 3.35. The van der Waals surface area contributed by atoms with Gasteiger partial charge in [0, 0.05) is 13.2 Å². The smallest absolute Gasteiger partial charge is 0.334 e. The van der Waals surface area contributed by atoms with E-state index < -0.39 is 26.4 Å². The van der Waals surface area contributed by atoms with Crippen LogP contribution in [0.3, 0.4) is 0 Å². The molecule has 0 radical (unpaired) electrons. The first-order valence-corrected chi connectivity index (χ1v) is 10.1. The van der Waals surface area contributed by atoms with E-state index in [0.29, 0.717) is 26.1 Å². The lowest BCUT2D eigenvalue weighted by Gasteiger charge is -2.25. The summed E-state index contributed by atoms with van der Waals surface area (Å²) >= 11 is 0. The Kier molecular flexibility index (Phi) is 10.3. The lowest BCUT2D eigenvalue weighted by Crippen LogP contribution is -2.38. The maximum absolute atomic E-state index is 10.9. The largest absolute Gasteiger partial charge is 0.481 e. The van der Waals surface area contributed by atoms with E-state index in [-0.39, 0.29) is 6.42 Å². The highest BCUT2D eigenvalue weighted by atomic mass is 28.4. The molecule has 0 aromatic carbocycles. The highest BCUT2D eigenvalue weighted by Crippen LogP contribution is 2.20. The number of rotatable bonds is 13. The molecule has 7 heteroatoms. The Hall–Kier alpha value is -0.923. The number of unbranched alkanes of at least 4 members (excludes halogenated alkanes) is 2. The summed E-state index contributed by atoms with van der Waals surface area (Å²) < 4.78 is 11.5. The first-order chi connectivity index (χ1) is 9.84. The standard InChI is InChI=1S/C14H28O6Si/c1-4-19-21(3,20-5-2)10-8-6-7-9-12(14(17)18)11-13(15)16/h12H,4-11H2,1-3H3,(H,15,16)(H,17,18). The van der Waals surface area contributed by atoms with Gasteiger partial charge < -0.3 is 19.1 Å². The van der Waals surface area contributed by atoms with Gasteiger partial charge in [-0.05, 0) is 32.9 Å². The van der Waals surface area contributed by atoms with Crippen molar-refractivity contribution in [2.45, 2.75) is 58.5 Å². The summed E-state index contributed by atoms with van der Waals surface area (Å²) in [5, 5.41) is 17.6. The van der Waals surface area contributed by atoms with Crippen LogP contribution in [-0.2, 0) is 18.4 Å². The molecule has 0 aromatic heterocycles. The van der Waals surface area contributed by atoms with Crippen molar-refractivity contribution in [3.63, 3.8) is 0 Å². The molecular weight excluding hydrogens is 292 g/mol. The molecule has 0 saturated heterocycles. The quantitative estimate of drug-likeness (QED) is 0.400. The van der Waals surface area contributed by atoms with Crippen molar-refractivity contribution in [3.05, 3.63) is 0 Å². The molecule has 0 aliphatic rings. The molecule has 6 nitrogen and oxygen atoms in total. The van der Waals surface area contributed by atoms with Gasteiger partial charge in [-0.15, -0.1) is 0 Å². The van der Waals surface area contributed by atoms with Gasteiger partial charge in [0.2, 0.25) is 0 Å². The summed E-state index contributed by atoms with van der Waals surface area (Å²) in [6.45, 7) is 7.23. The third kappa shape index (κ3) is 9.60. The van der Waals surface area contributed by atoms with E-state index in [1.54, 1.807) is 0 Å². The summed E-state index contributed by atoms with van der Waals surface area (Å²) in [7, 11) is -2.09. The Morgan fingerprint density at radius 3 is 2.05 bits per heavy atom. The molecular formula is C14H28O6Si. The van der Waals surface area contributed by atoms with E-state index in [1.165, 1.54) is 0 Å². The maximum atomic E-state index is 10.9. The van der Waals surface area contributed by atoms with Gasteiger partial charge in [0.15, 0.2) is 0 Å². The molecule has 1 atom stereocenters. The van der Waals surface area contributed by atoms with Gasteiger partial charge in [-0.25, -0.2) is 0 Å². The zero-order valence-corrected chi connectivity index (χ0v) is 14.3. The number of hydrogen-bond donors (Lipinski definition) is 2. The average molecular weight is 320 g/mol. The monoisotopic (exact) mass is 320 g/mol. The minimum atomic E-state index is -2.09. The SMILES string of the molecule is CCO[Si](C)(CCCCCC(CC(=O)O)C(=O)O)OCC. The second kappa shape index (κ2) is 10.8. The predicted octanol–water partition coefficient (Wildman–Crippen LogP) is 2.87. The van der Waals surface area contributed by atoms with Crippen LogP contribution in [0.5, 0.6) is 0 Å². The third-order valence-corrected chi connectivity index (χ3v) is 6.41. The van der Waals surface area contributed by atoms with Gasteiger partial charge >= 0.3 is 20.5 Å². The molecule has 0 spiro atoms. The van der Waals surface area contributed by atoms with Crippen molar-refractivity contribution in [2.75, 3.05) is 13.2 Å². The molecule has 0 aliphatic carbocycles. The summed E-state index contributed by atoms with van der Waals surface area (Å²) in [6.07, 6.45) is 2.60. The van der Waals surface area contributed by atoms with Gasteiger partial charge in [-0.1, -0.05) is 19.3 Å². The van der Waals surface area contributed by atoms with E-state index in [1.807, 2.05) is 20.4 Å². The van der Waals surface area contributed by atoms with E-state index in [0.717, 1.165) is 18.9 Å². The van der Waals surface area contributed by atoms with E-state index >= 15 is 0 Å². The van der Waals surface area contributed by atoms with Crippen LogP contribution < -0.4 is 0 Å². The fourth-order valence-electron chi connectivity index (χ4n) is 2.33. The Balaban J connectivity index is 4.01. The van der Waals surface area contributed by atoms with Crippen LogP contribution in [0.4, 0.5) is 0 Å². The van der Waals surface area contributed by atoms with Crippen LogP contribution in [0.2, 0.25) is 12.6 Å². The number of aliphatic carboxylic acids is 2. The molecule has 2 N–H and O–H groups in total. The van der Waals surface area contributed by atoms with Gasteiger partial charge in [-0.3, -0.25) is 9.59 Å². The van der Waals surface area contributed by atoms with Crippen LogP contribution in [0.1, 0.15) is 46.0 Å². The lowest BCUT2D eigenvalue weighted by molar-refractivity contribution is -0.148. The Morgan fingerprint density at radius 2 is 1.62 bits per heavy atom. The van der Waals surface area contributed by atoms with Crippen molar-refractivity contribution in [3.8, 4) is 0 Å². The molecule has 0 aromatic rings. The van der Waals surface area contributed by atoms with Crippen LogP contribution in [0.25, 0.3) is 0 Å². The van der Waals surface area contributed by atoms with E-state index in [4.69, 9.17) is 19.1 Å². The lowest BCUT2D eigenvalue weighted by atomic mass is 9.98. The Morgan fingerprint density at radius 1 is 1.05 bits per heavy atom. The van der Waals surface area contributed by atoms with Crippen molar-refractivity contribution in [1.82, 2.24) is 0 Å². The second-order valence-corrected chi connectivity index (χ2v) is 8.58. The van der Waals surface area contributed by atoms with Crippen LogP contribution in [0, 0.1) is 5.92 Å². The minimum absolute atomic E-state index is 0.306. The van der Waals surface area contributed by atoms with Gasteiger partial charge in [0.05, 0.1) is 12.3 Å². The van der Waals surface area contributed by atoms with Crippen LogP contribution >= 0.6 is 0 Å². The first kappa shape index (κ1) is 20.1. The van der Waals surface area contributed by atoms with E-state index in [2.05, 4.69) is 0 Å². The summed E-state index contributed by atoms with van der Waals surface area (Å²) in [6, 6.07) is 0.880. The summed E-state index contributed by atoms with van der Waals surface area (Å²) in [4.78, 5) is 21.5. The molecule has 0 amide bonds. The highest BCUT2D eigenvalue weighted by molar-refractivity contribution is 6.66. The average Bonchev–Trinajstić information content (AvgIpc) is 2.36. The molecule has 0 aliphatic heterocycles. The molecule has 0 fully saturated rings. The predicted molar refractivity (Wildman–Crippen MR) is 81.5 cm³/mol. The van der Waals surface area contributed by atoms with E-state index in [9.17, 15) is 9.59 Å². The molecule has 0 heterocycles. The molecule has 21 heavy (non-hydrogen) atoms. The normalized spacial score (nSPS) is 13.1. The topological polar surface area (TPSA) is 93.1 Å². The molecule has 0 saturated carbocycles. The van der Waals surface area contributed by atoms with Gasteiger partial charge in [0.25, 0.3) is 0 Å². The van der Waals surface area contributed by atoms with Gasteiger partial charge in [-0.2, -0.15) is 0 Å². The Bertz CT molecular complexity index is 315. The highest BCUT2D eigenvalue weighted by Gasteiger charge is 2.29. The number of carboxylic acids is 2. The fourth-order valence-corrected chi connectivity index (χ4v) is 4.82. The molecule has 0 rings (SSSR count). The zero-order valence-electron chi connectivity index (χ0n) is 13.3. The van der Waals surface area contributed by atoms with Crippen molar-refractivity contribution < 1.29 is 28.7 Å². The fraction of sp³-hybridized carbons (Fsp3) is 0.857. The summed E-state index contributed by atoms with van der Waals surface area (Å²) in [5.41, 5.74) is 0. The number of hydrogen-bond acceptors (Lipinski definition) is 4. The molecule has 1 unspecified atom stereocenters. The minimum Gasteiger partial charge on any atom is -0.481 e. The number of carboxylic acid groups (broad SMARTS) is 2. The van der Waals surface area contributed by atoms with Gasteiger partial charge in [0.1, 0.15) is 0 Å². The zero-order chi connectivity index (χ0) is 16.3. The van der Waals surface area contributed by atoms with Crippen molar-refractivity contribution in [2.24, 2.45) is 5.92 Å². The van der Waals surface area contributed by atoms with Crippen LogP contribution in [0.15, 0.2) is 0 Å². The molecule has 0 bridgehead atoms. The first-order valence-electron chi connectivity index (χ1n) is 7.57. The second-order valence-electron chi connectivity index (χ2n) is 5.23.